The minimum absolute atomic E-state index is 0.0246. The Labute approximate surface area is 133 Å². The first kappa shape index (κ1) is 17.4. The molecule has 0 bridgehead atoms. The molecule has 2 amide bonds. The zero-order valence-corrected chi connectivity index (χ0v) is 13.3. The van der Waals surface area contributed by atoms with Crippen LogP contribution in [0.15, 0.2) is 12.1 Å². The molecule has 1 fully saturated rings. The van der Waals surface area contributed by atoms with Crippen molar-refractivity contribution in [3.63, 3.8) is 0 Å². The molecule has 1 aliphatic rings. The van der Waals surface area contributed by atoms with Crippen LogP contribution in [0.1, 0.15) is 0 Å². The van der Waals surface area contributed by atoms with E-state index in [1.807, 2.05) is 19.0 Å². The fourth-order valence-corrected chi connectivity index (χ4v) is 2.41. The van der Waals surface area contributed by atoms with Crippen molar-refractivity contribution >= 4 is 11.7 Å². The van der Waals surface area contributed by atoms with Crippen molar-refractivity contribution in [2.24, 2.45) is 0 Å². The van der Waals surface area contributed by atoms with Crippen LogP contribution in [0.4, 0.5) is 23.7 Å². The molecule has 0 radical (unpaired) electrons. The molecule has 1 N–H and O–H groups in total. The molecule has 1 saturated heterocycles. The van der Waals surface area contributed by atoms with E-state index in [1.165, 1.54) is 6.07 Å². The number of carbonyl (C=O) groups excluding carboxylic acids is 1. The third-order valence-electron chi connectivity index (χ3n) is 3.76. The minimum Gasteiger partial charge on any atom is -0.366 e. The summed E-state index contributed by atoms with van der Waals surface area (Å²) >= 11 is 0. The summed E-state index contributed by atoms with van der Waals surface area (Å²) in [5, 5.41) is 2.81. The van der Waals surface area contributed by atoms with Crippen LogP contribution in [0.25, 0.3) is 0 Å². The number of piperazine rings is 1. The zero-order valence-electron chi connectivity index (χ0n) is 13.3. The van der Waals surface area contributed by atoms with Gasteiger partial charge in [0.1, 0.15) is 0 Å². The van der Waals surface area contributed by atoms with Gasteiger partial charge in [-0.05, 0) is 26.2 Å². The second kappa shape index (κ2) is 7.54. The number of urea groups is 1. The number of anilines is 1. The Balaban J connectivity index is 1.89. The maximum Gasteiger partial charge on any atom is 0.317 e. The normalized spacial score (nSPS) is 15.2. The molecule has 0 unspecified atom stereocenters. The van der Waals surface area contributed by atoms with Crippen molar-refractivity contribution < 1.29 is 18.0 Å². The molecule has 1 aromatic rings. The first-order valence-corrected chi connectivity index (χ1v) is 7.46. The third-order valence-corrected chi connectivity index (χ3v) is 3.76. The van der Waals surface area contributed by atoms with Gasteiger partial charge in [-0.25, -0.2) is 18.0 Å². The smallest absolute Gasteiger partial charge is 0.317 e. The quantitative estimate of drug-likeness (QED) is 0.851. The van der Waals surface area contributed by atoms with Gasteiger partial charge in [-0.2, -0.15) is 0 Å². The number of rotatable bonds is 4. The number of nitrogens with one attached hydrogen (secondary N) is 1. The van der Waals surface area contributed by atoms with E-state index >= 15 is 0 Å². The van der Waals surface area contributed by atoms with Crippen LogP contribution in [-0.4, -0.2) is 69.2 Å². The van der Waals surface area contributed by atoms with Gasteiger partial charge in [0.25, 0.3) is 0 Å². The van der Waals surface area contributed by atoms with Crippen molar-refractivity contribution in [1.29, 1.82) is 0 Å². The largest absolute Gasteiger partial charge is 0.366 e. The van der Waals surface area contributed by atoms with Crippen molar-refractivity contribution in [2.45, 2.75) is 0 Å². The summed E-state index contributed by atoms with van der Waals surface area (Å²) < 4.78 is 40.1. The van der Waals surface area contributed by atoms with E-state index in [2.05, 4.69) is 5.32 Å². The SMILES string of the molecule is CN(C)CCNC(=O)N1CCN(c2ccc(F)c(F)c2F)CC1. The van der Waals surface area contributed by atoms with E-state index in [0.29, 0.717) is 32.7 Å². The van der Waals surface area contributed by atoms with Gasteiger partial charge in [-0.15, -0.1) is 0 Å². The summed E-state index contributed by atoms with van der Waals surface area (Å²) in [6, 6.07) is 1.96. The van der Waals surface area contributed by atoms with Crippen LogP contribution in [0, 0.1) is 17.5 Å². The Hall–Kier alpha value is -1.96. The lowest BCUT2D eigenvalue weighted by atomic mass is 10.2. The standard InChI is InChI=1S/C15H21F3N4O/c1-20(2)6-5-19-15(23)22-9-7-21(8-10-22)12-4-3-11(16)13(17)14(12)18/h3-4H,5-10H2,1-2H3,(H,19,23). The summed E-state index contributed by atoms with van der Waals surface area (Å²) in [4.78, 5) is 17.2. The van der Waals surface area contributed by atoms with Crippen LogP contribution in [0.5, 0.6) is 0 Å². The van der Waals surface area contributed by atoms with E-state index in [1.54, 1.807) is 9.80 Å². The number of nitrogens with zero attached hydrogens (tertiary/aromatic N) is 3. The van der Waals surface area contributed by atoms with Crippen molar-refractivity contribution in [2.75, 3.05) is 58.3 Å². The number of benzene rings is 1. The lowest BCUT2D eigenvalue weighted by Gasteiger charge is -2.36. The van der Waals surface area contributed by atoms with Crippen LogP contribution in [0.2, 0.25) is 0 Å². The molecule has 5 nitrogen and oxygen atoms in total. The van der Waals surface area contributed by atoms with Gasteiger partial charge in [0, 0.05) is 39.3 Å². The van der Waals surface area contributed by atoms with E-state index < -0.39 is 17.5 Å². The number of amides is 2. The molecular formula is C15H21F3N4O. The average molecular weight is 330 g/mol. The molecule has 128 valence electrons. The second-order valence-electron chi connectivity index (χ2n) is 5.70. The van der Waals surface area contributed by atoms with E-state index in [9.17, 15) is 18.0 Å². The first-order chi connectivity index (χ1) is 10.9. The van der Waals surface area contributed by atoms with Crippen LogP contribution < -0.4 is 10.2 Å². The van der Waals surface area contributed by atoms with Crippen molar-refractivity contribution in [1.82, 2.24) is 15.1 Å². The number of halogens is 3. The van der Waals surface area contributed by atoms with Gasteiger partial charge < -0.3 is 20.0 Å². The zero-order chi connectivity index (χ0) is 17.0. The van der Waals surface area contributed by atoms with E-state index in [0.717, 1.165) is 12.6 Å². The molecule has 23 heavy (non-hydrogen) atoms. The molecule has 2 rings (SSSR count). The Kier molecular flexibility index (Phi) is 5.70. The molecule has 1 heterocycles. The third kappa shape index (κ3) is 4.28. The lowest BCUT2D eigenvalue weighted by molar-refractivity contribution is 0.193. The van der Waals surface area contributed by atoms with Gasteiger partial charge in [0.15, 0.2) is 17.5 Å². The number of likely N-dealkylation sites (N-methyl/N-ethyl adjacent to an activating group) is 1. The second-order valence-corrected chi connectivity index (χ2v) is 5.70. The molecule has 0 spiro atoms. The monoisotopic (exact) mass is 330 g/mol. The fourth-order valence-electron chi connectivity index (χ4n) is 2.41. The van der Waals surface area contributed by atoms with E-state index in [4.69, 9.17) is 0 Å². The molecule has 1 aliphatic heterocycles. The Bertz CT molecular complexity index is 560. The molecule has 0 aliphatic carbocycles. The minimum atomic E-state index is -1.47. The highest BCUT2D eigenvalue weighted by atomic mass is 19.2. The van der Waals surface area contributed by atoms with Crippen LogP contribution in [-0.2, 0) is 0 Å². The molecule has 8 heteroatoms. The number of hydrogen-bond acceptors (Lipinski definition) is 3. The molecule has 0 atom stereocenters. The maximum absolute atomic E-state index is 13.8. The summed E-state index contributed by atoms with van der Waals surface area (Å²) in [7, 11) is 3.84. The summed E-state index contributed by atoms with van der Waals surface area (Å²) in [6.07, 6.45) is 0. The lowest BCUT2D eigenvalue weighted by Crippen LogP contribution is -2.52. The Morgan fingerprint density at radius 2 is 1.78 bits per heavy atom. The van der Waals surface area contributed by atoms with Gasteiger partial charge in [-0.3, -0.25) is 0 Å². The van der Waals surface area contributed by atoms with Crippen molar-refractivity contribution in [3.8, 4) is 0 Å². The van der Waals surface area contributed by atoms with Gasteiger partial charge in [-0.1, -0.05) is 0 Å². The topological polar surface area (TPSA) is 38.8 Å². The molecule has 0 aromatic heterocycles. The summed E-state index contributed by atoms with van der Waals surface area (Å²) in [5.41, 5.74) is 0.0246. The summed E-state index contributed by atoms with van der Waals surface area (Å²) in [6.45, 7) is 2.81. The summed E-state index contributed by atoms with van der Waals surface area (Å²) in [5.74, 6) is -3.86. The molecule has 0 saturated carbocycles. The highest BCUT2D eigenvalue weighted by Gasteiger charge is 2.24. The Morgan fingerprint density at radius 3 is 2.39 bits per heavy atom. The maximum atomic E-state index is 13.8. The predicted octanol–water partition coefficient (Wildman–Crippen LogP) is 1.50. The fraction of sp³-hybridized carbons (Fsp3) is 0.533. The van der Waals surface area contributed by atoms with Crippen molar-refractivity contribution in [3.05, 3.63) is 29.6 Å². The van der Waals surface area contributed by atoms with Crippen LogP contribution in [0.3, 0.4) is 0 Å². The van der Waals surface area contributed by atoms with Gasteiger partial charge >= 0.3 is 6.03 Å². The number of hydrogen-bond donors (Lipinski definition) is 1. The number of carbonyl (C=O) groups is 1. The van der Waals surface area contributed by atoms with Gasteiger partial charge in [0.2, 0.25) is 0 Å². The Morgan fingerprint density at radius 1 is 1.13 bits per heavy atom. The average Bonchev–Trinajstić information content (AvgIpc) is 2.52. The highest BCUT2D eigenvalue weighted by molar-refractivity contribution is 5.74. The first-order valence-electron chi connectivity index (χ1n) is 7.46. The van der Waals surface area contributed by atoms with Crippen LogP contribution >= 0.6 is 0 Å². The predicted molar refractivity (Wildman–Crippen MR) is 82.1 cm³/mol. The van der Waals surface area contributed by atoms with E-state index in [-0.39, 0.29) is 11.7 Å². The molecular weight excluding hydrogens is 309 g/mol. The molecule has 1 aromatic carbocycles. The van der Waals surface area contributed by atoms with Gasteiger partial charge in [0.05, 0.1) is 5.69 Å². The highest BCUT2D eigenvalue weighted by Crippen LogP contribution is 2.24.